The predicted molar refractivity (Wildman–Crippen MR) is 71.2 cm³/mol. The van der Waals surface area contributed by atoms with Crippen LogP contribution < -0.4 is 10.3 Å². The van der Waals surface area contributed by atoms with Gasteiger partial charge in [-0.25, -0.2) is 0 Å². The smallest absolute Gasteiger partial charge is 0.143 e. The summed E-state index contributed by atoms with van der Waals surface area (Å²) in [5.74, 6) is 0.727. The molecule has 0 bridgehead atoms. The molecule has 0 aliphatic heterocycles. The largest absolute Gasteiger partial charge is 0.495 e. The molecule has 3 nitrogen and oxygen atoms in total. The summed E-state index contributed by atoms with van der Waals surface area (Å²) < 4.78 is 5.31. The maximum Gasteiger partial charge on any atom is 0.143 e. The topological polar surface area (TPSA) is 35.0 Å². The molecule has 0 atom stereocenters. The van der Waals surface area contributed by atoms with Crippen molar-refractivity contribution in [2.75, 3.05) is 13.4 Å². The average Bonchev–Trinajstić information content (AvgIpc) is 2.38. The minimum atomic E-state index is 0.470. The van der Waals surface area contributed by atoms with Crippen LogP contribution in [0.1, 0.15) is 0 Å². The van der Waals surface area contributed by atoms with Crippen molar-refractivity contribution in [1.82, 2.24) is 9.97 Å². The molecule has 2 aromatic rings. The van der Waals surface area contributed by atoms with Gasteiger partial charge in [0.1, 0.15) is 13.6 Å². The van der Waals surface area contributed by atoms with Gasteiger partial charge in [0.2, 0.25) is 0 Å². The molecule has 0 N–H and O–H groups in total. The van der Waals surface area contributed by atoms with Crippen LogP contribution in [0.3, 0.4) is 0 Å². The molecule has 0 spiro atoms. The molecule has 2 radical (unpaired) electrons. The fourth-order valence-electron chi connectivity index (χ4n) is 1.53. The maximum absolute atomic E-state index is 5.91. The van der Waals surface area contributed by atoms with Crippen LogP contribution in [0.15, 0.2) is 35.4 Å². The van der Waals surface area contributed by atoms with Crippen molar-refractivity contribution in [2.45, 2.75) is 4.90 Å². The summed E-state index contributed by atoms with van der Waals surface area (Å²) in [6, 6.07) is 7.51. The Morgan fingerprint density at radius 3 is 2.71 bits per heavy atom. The summed E-state index contributed by atoms with van der Waals surface area (Å²) in [5.41, 5.74) is 1.97. The second-order valence-corrected chi connectivity index (χ2v) is 4.16. The van der Waals surface area contributed by atoms with E-state index in [9.17, 15) is 0 Å². The summed E-state index contributed by atoms with van der Waals surface area (Å²) in [7, 11) is 7.53. The van der Waals surface area contributed by atoms with Gasteiger partial charge in [0, 0.05) is 17.9 Å². The Morgan fingerprint density at radius 1 is 1.29 bits per heavy atom. The molecule has 0 aromatic carbocycles. The highest BCUT2D eigenvalue weighted by Crippen LogP contribution is 2.28. The van der Waals surface area contributed by atoms with Crippen LogP contribution in [0.5, 0.6) is 5.75 Å². The van der Waals surface area contributed by atoms with Crippen molar-refractivity contribution >= 4 is 25.2 Å². The van der Waals surface area contributed by atoms with Crippen molar-refractivity contribution in [3.8, 4) is 17.1 Å². The quantitative estimate of drug-likeness (QED) is 0.605. The Kier molecular flexibility index (Phi) is 3.69. The summed E-state index contributed by atoms with van der Waals surface area (Å²) in [6.07, 6.45) is 3.67. The normalized spacial score (nSPS) is 10.2. The number of pyridine rings is 2. The van der Waals surface area contributed by atoms with Gasteiger partial charge in [-0.15, -0.1) is 11.8 Å². The van der Waals surface area contributed by atoms with Gasteiger partial charge in [0.25, 0.3) is 0 Å². The SMILES string of the molecule is [B]c1nc(-c2ccccn2)cc(OC)c1SC. The number of hydrogen-bond acceptors (Lipinski definition) is 4. The zero-order chi connectivity index (χ0) is 12.3. The van der Waals surface area contributed by atoms with Gasteiger partial charge >= 0.3 is 0 Å². The molecule has 2 aromatic heterocycles. The minimum absolute atomic E-state index is 0.470. The Bertz CT molecular complexity index is 519. The molecular weight excluding hydrogens is 231 g/mol. The van der Waals surface area contributed by atoms with Gasteiger partial charge in [-0.05, 0) is 18.4 Å². The lowest BCUT2D eigenvalue weighted by molar-refractivity contribution is 0.405. The second kappa shape index (κ2) is 5.23. The van der Waals surface area contributed by atoms with Crippen LogP contribution in [-0.2, 0) is 0 Å². The van der Waals surface area contributed by atoms with E-state index in [0.29, 0.717) is 5.59 Å². The van der Waals surface area contributed by atoms with Crippen molar-refractivity contribution in [1.29, 1.82) is 0 Å². The van der Waals surface area contributed by atoms with E-state index in [1.807, 2.05) is 30.5 Å². The predicted octanol–water partition coefficient (Wildman–Crippen LogP) is 1.67. The van der Waals surface area contributed by atoms with Crippen LogP contribution in [-0.4, -0.2) is 31.2 Å². The minimum Gasteiger partial charge on any atom is -0.495 e. The first-order valence-electron chi connectivity index (χ1n) is 5.06. The van der Waals surface area contributed by atoms with Gasteiger partial charge in [-0.3, -0.25) is 9.97 Å². The standard InChI is InChI=1S/C12H11BN2OS/c1-16-10-7-9(8-5-3-4-6-14-8)15-12(13)11(10)17-2/h3-7H,1-2H3. The highest BCUT2D eigenvalue weighted by atomic mass is 32.2. The van der Waals surface area contributed by atoms with Gasteiger partial charge in [0.05, 0.1) is 23.4 Å². The Labute approximate surface area is 106 Å². The second-order valence-electron chi connectivity index (χ2n) is 3.34. The number of ether oxygens (including phenoxy) is 1. The number of hydrogen-bond donors (Lipinski definition) is 0. The molecule has 84 valence electrons. The molecular formula is C12H11BN2OS. The first-order chi connectivity index (χ1) is 8.26. The van der Waals surface area contributed by atoms with Crippen molar-refractivity contribution in [3.05, 3.63) is 30.5 Å². The molecule has 0 fully saturated rings. The number of methoxy groups -OCH3 is 1. The molecule has 0 amide bonds. The number of nitrogens with zero attached hydrogens (tertiary/aromatic N) is 2. The first kappa shape index (κ1) is 12.0. The van der Waals surface area contributed by atoms with E-state index in [-0.39, 0.29) is 0 Å². The van der Waals surface area contributed by atoms with Crippen LogP contribution in [0.25, 0.3) is 11.4 Å². The molecule has 0 aliphatic carbocycles. The van der Waals surface area contributed by atoms with E-state index in [4.69, 9.17) is 12.6 Å². The number of rotatable bonds is 3. The van der Waals surface area contributed by atoms with E-state index >= 15 is 0 Å². The van der Waals surface area contributed by atoms with E-state index in [0.717, 1.165) is 22.0 Å². The Morgan fingerprint density at radius 2 is 2.12 bits per heavy atom. The van der Waals surface area contributed by atoms with Gasteiger partial charge < -0.3 is 4.74 Å². The summed E-state index contributed by atoms with van der Waals surface area (Å²) >= 11 is 1.52. The average molecular weight is 242 g/mol. The molecule has 17 heavy (non-hydrogen) atoms. The maximum atomic E-state index is 5.91. The third-order valence-electron chi connectivity index (χ3n) is 2.32. The molecule has 0 saturated carbocycles. The lowest BCUT2D eigenvalue weighted by Crippen LogP contribution is -2.13. The van der Waals surface area contributed by atoms with Crippen LogP contribution in [0.2, 0.25) is 0 Å². The third kappa shape index (κ3) is 2.44. The number of thioether (sulfide) groups is 1. The van der Waals surface area contributed by atoms with Crippen molar-refractivity contribution in [3.63, 3.8) is 0 Å². The zero-order valence-corrected chi connectivity index (χ0v) is 10.5. The van der Waals surface area contributed by atoms with Crippen LogP contribution in [0, 0.1) is 0 Å². The van der Waals surface area contributed by atoms with Crippen molar-refractivity contribution in [2.24, 2.45) is 0 Å². The molecule has 2 rings (SSSR count). The molecule has 2 heterocycles. The van der Waals surface area contributed by atoms with Crippen LogP contribution in [0.4, 0.5) is 0 Å². The van der Waals surface area contributed by atoms with Gasteiger partial charge in [-0.1, -0.05) is 6.07 Å². The highest BCUT2D eigenvalue weighted by Gasteiger charge is 2.10. The molecule has 0 unspecified atom stereocenters. The summed E-state index contributed by atoms with van der Waals surface area (Å²) in [5, 5.41) is 0. The Hall–Kier alpha value is -1.49. The zero-order valence-electron chi connectivity index (χ0n) is 9.68. The van der Waals surface area contributed by atoms with E-state index in [1.54, 1.807) is 13.3 Å². The van der Waals surface area contributed by atoms with Crippen molar-refractivity contribution < 1.29 is 4.74 Å². The van der Waals surface area contributed by atoms with Gasteiger partial charge in [-0.2, -0.15) is 0 Å². The Balaban J connectivity index is 2.54. The fourth-order valence-corrected chi connectivity index (χ4v) is 2.13. The van der Waals surface area contributed by atoms with E-state index in [1.165, 1.54) is 11.8 Å². The van der Waals surface area contributed by atoms with Gasteiger partial charge in [0.15, 0.2) is 0 Å². The highest BCUT2D eigenvalue weighted by molar-refractivity contribution is 7.99. The van der Waals surface area contributed by atoms with E-state index in [2.05, 4.69) is 9.97 Å². The lowest BCUT2D eigenvalue weighted by Gasteiger charge is -2.11. The van der Waals surface area contributed by atoms with E-state index < -0.39 is 0 Å². The number of aromatic nitrogens is 2. The molecule has 0 saturated heterocycles. The molecule has 5 heteroatoms. The molecule has 0 aliphatic rings. The van der Waals surface area contributed by atoms with Crippen LogP contribution >= 0.6 is 11.8 Å². The first-order valence-corrected chi connectivity index (χ1v) is 6.28. The fraction of sp³-hybridized carbons (Fsp3) is 0.167. The third-order valence-corrected chi connectivity index (χ3v) is 3.14. The summed E-state index contributed by atoms with van der Waals surface area (Å²) in [6.45, 7) is 0. The summed E-state index contributed by atoms with van der Waals surface area (Å²) in [4.78, 5) is 9.43. The lowest BCUT2D eigenvalue weighted by atomic mass is 10.0. The monoisotopic (exact) mass is 242 g/mol.